The van der Waals surface area contributed by atoms with E-state index in [9.17, 15) is 8.42 Å². The van der Waals surface area contributed by atoms with E-state index < -0.39 is 10.0 Å². The van der Waals surface area contributed by atoms with Gasteiger partial charge in [-0.2, -0.15) is 0 Å². The molecule has 1 aliphatic heterocycles. The molecule has 27 heavy (non-hydrogen) atoms. The number of nitrogens with zero attached hydrogens (tertiary/aromatic N) is 3. The molecule has 9 heteroatoms. The number of benzene rings is 1. The average molecular weight is 394 g/mol. The average Bonchev–Trinajstić information content (AvgIpc) is 2.89. The number of aromatic nitrogens is 2. The summed E-state index contributed by atoms with van der Waals surface area (Å²) in [6.07, 6.45) is 5.06. The first-order chi connectivity index (χ1) is 12.9. The molecular formula is C18H26N4O4S. The van der Waals surface area contributed by atoms with E-state index in [1.165, 1.54) is 0 Å². The van der Waals surface area contributed by atoms with Crippen molar-refractivity contribution in [2.75, 3.05) is 38.0 Å². The van der Waals surface area contributed by atoms with E-state index in [0.717, 1.165) is 49.1 Å². The van der Waals surface area contributed by atoms with Crippen LogP contribution in [0.2, 0.25) is 0 Å². The van der Waals surface area contributed by atoms with Crippen molar-refractivity contribution in [3.63, 3.8) is 0 Å². The third-order valence-corrected chi connectivity index (χ3v) is 5.88. The molecule has 1 saturated heterocycles. The highest BCUT2D eigenvalue weighted by Crippen LogP contribution is 2.35. The van der Waals surface area contributed by atoms with E-state index in [2.05, 4.69) is 14.9 Å². The minimum absolute atomic E-state index is 0.0467. The van der Waals surface area contributed by atoms with Crippen LogP contribution in [0.15, 0.2) is 18.5 Å². The number of hydrogen-bond acceptors (Lipinski definition) is 7. The minimum Gasteiger partial charge on any atom is -0.493 e. The van der Waals surface area contributed by atoms with E-state index >= 15 is 0 Å². The smallest absolute Gasteiger partial charge is 0.209 e. The lowest BCUT2D eigenvalue weighted by molar-refractivity contribution is 0.356. The number of anilines is 1. The second kappa shape index (κ2) is 8.26. The quantitative estimate of drug-likeness (QED) is 0.797. The van der Waals surface area contributed by atoms with Gasteiger partial charge < -0.3 is 14.4 Å². The zero-order valence-electron chi connectivity index (χ0n) is 15.7. The van der Waals surface area contributed by atoms with Crippen LogP contribution in [-0.2, 0) is 10.0 Å². The van der Waals surface area contributed by atoms with Crippen LogP contribution < -0.4 is 19.5 Å². The predicted molar refractivity (Wildman–Crippen MR) is 105 cm³/mol. The lowest BCUT2D eigenvalue weighted by Gasteiger charge is -2.23. The van der Waals surface area contributed by atoms with Crippen molar-refractivity contribution in [2.24, 2.45) is 11.1 Å². The van der Waals surface area contributed by atoms with Gasteiger partial charge in [0, 0.05) is 24.5 Å². The van der Waals surface area contributed by atoms with Gasteiger partial charge in [0.05, 0.1) is 25.5 Å². The summed E-state index contributed by atoms with van der Waals surface area (Å²) in [5.74, 6) is 2.55. The van der Waals surface area contributed by atoms with E-state index in [-0.39, 0.29) is 5.75 Å². The molecule has 3 rings (SSSR count). The number of rotatable bonds is 6. The summed E-state index contributed by atoms with van der Waals surface area (Å²) >= 11 is 0. The third kappa shape index (κ3) is 4.78. The Kier molecular flexibility index (Phi) is 6.01. The van der Waals surface area contributed by atoms with Gasteiger partial charge in [-0.1, -0.05) is 0 Å². The van der Waals surface area contributed by atoms with Crippen molar-refractivity contribution in [3.05, 3.63) is 18.5 Å². The van der Waals surface area contributed by atoms with Crippen LogP contribution in [0.1, 0.15) is 25.7 Å². The standard InChI is InChI=1S/C18H26N4O4S/c1-25-16-10-14-15(11-17(16)26-2)20-12-21-18(14)22-7-3-4-13(5-8-22)6-9-27(19,23)24/h10-13H,3-9H2,1-2H3,(H2,19,23,24). The number of nitrogens with two attached hydrogens (primary N) is 1. The van der Waals surface area contributed by atoms with Crippen LogP contribution >= 0.6 is 0 Å². The number of hydrogen-bond donors (Lipinski definition) is 1. The van der Waals surface area contributed by atoms with Crippen molar-refractivity contribution >= 4 is 26.7 Å². The van der Waals surface area contributed by atoms with Crippen LogP contribution in [0.25, 0.3) is 10.9 Å². The highest BCUT2D eigenvalue weighted by atomic mass is 32.2. The molecule has 0 radical (unpaired) electrons. The maximum absolute atomic E-state index is 11.2. The van der Waals surface area contributed by atoms with Gasteiger partial charge in [-0.05, 0) is 37.7 Å². The van der Waals surface area contributed by atoms with E-state index in [1.54, 1.807) is 20.5 Å². The van der Waals surface area contributed by atoms with Crippen LogP contribution in [-0.4, -0.2) is 51.4 Å². The lowest BCUT2D eigenvalue weighted by Crippen LogP contribution is -2.26. The summed E-state index contributed by atoms with van der Waals surface area (Å²) in [6.45, 7) is 1.68. The number of fused-ring (bicyclic) bond motifs is 1. The molecule has 1 aromatic carbocycles. The van der Waals surface area contributed by atoms with Gasteiger partial charge in [0.1, 0.15) is 12.1 Å². The monoisotopic (exact) mass is 394 g/mol. The summed E-state index contributed by atoms with van der Waals surface area (Å²) in [6, 6.07) is 3.76. The fourth-order valence-electron chi connectivity index (χ4n) is 3.62. The maximum Gasteiger partial charge on any atom is 0.209 e. The Balaban J connectivity index is 1.82. The predicted octanol–water partition coefficient (Wildman–Crippen LogP) is 1.93. The molecule has 1 aliphatic rings. The first-order valence-corrected chi connectivity index (χ1v) is 10.7. The molecule has 2 N–H and O–H groups in total. The summed E-state index contributed by atoms with van der Waals surface area (Å²) < 4.78 is 33.3. The molecule has 1 aromatic heterocycles. The molecule has 1 unspecified atom stereocenters. The van der Waals surface area contributed by atoms with Gasteiger partial charge in [0.2, 0.25) is 10.0 Å². The normalized spacial score (nSPS) is 18.3. The Bertz CT molecular complexity index is 904. The molecule has 0 spiro atoms. The minimum atomic E-state index is -3.40. The molecule has 0 saturated carbocycles. The summed E-state index contributed by atoms with van der Waals surface area (Å²) in [5, 5.41) is 6.06. The highest BCUT2D eigenvalue weighted by Gasteiger charge is 2.21. The van der Waals surface area contributed by atoms with Gasteiger partial charge in [0.15, 0.2) is 11.5 Å². The molecule has 8 nitrogen and oxygen atoms in total. The van der Waals surface area contributed by atoms with Crippen molar-refractivity contribution in [3.8, 4) is 11.5 Å². The van der Waals surface area contributed by atoms with Gasteiger partial charge in [-0.15, -0.1) is 0 Å². The lowest BCUT2D eigenvalue weighted by atomic mass is 9.98. The first kappa shape index (κ1) is 19.6. The molecule has 1 atom stereocenters. The summed E-state index contributed by atoms with van der Waals surface area (Å²) in [7, 11) is -0.198. The van der Waals surface area contributed by atoms with Crippen molar-refractivity contribution in [1.82, 2.24) is 9.97 Å². The second-order valence-corrected chi connectivity index (χ2v) is 8.60. The molecule has 0 amide bonds. The second-order valence-electron chi connectivity index (χ2n) is 6.86. The van der Waals surface area contributed by atoms with E-state index in [1.807, 2.05) is 12.1 Å². The fourth-order valence-corrected chi connectivity index (χ4v) is 4.28. The fraction of sp³-hybridized carbons (Fsp3) is 0.556. The largest absolute Gasteiger partial charge is 0.493 e. The number of ether oxygens (including phenoxy) is 2. The van der Waals surface area contributed by atoms with Crippen molar-refractivity contribution in [2.45, 2.75) is 25.7 Å². The highest BCUT2D eigenvalue weighted by molar-refractivity contribution is 7.89. The van der Waals surface area contributed by atoms with Crippen molar-refractivity contribution in [1.29, 1.82) is 0 Å². The Labute approximate surface area is 159 Å². The van der Waals surface area contributed by atoms with Crippen LogP contribution in [0.3, 0.4) is 0 Å². The SMILES string of the molecule is COc1cc2ncnc(N3CCCC(CCS(N)(=O)=O)CC3)c2cc1OC. The first-order valence-electron chi connectivity index (χ1n) is 9.03. The zero-order valence-corrected chi connectivity index (χ0v) is 16.5. The van der Waals surface area contributed by atoms with E-state index in [4.69, 9.17) is 14.6 Å². The van der Waals surface area contributed by atoms with Gasteiger partial charge >= 0.3 is 0 Å². The number of primary sulfonamides is 1. The molecule has 2 aromatic rings. The van der Waals surface area contributed by atoms with E-state index in [0.29, 0.717) is 23.8 Å². The van der Waals surface area contributed by atoms with Gasteiger partial charge in [0.25, 0.3) is 0 Å². The number of methoxy groups -OCH3 is 2. The molecule has 0 aliphatic carbocycles. The van der Waals surface area contributed by atoms with Crippen LogP contribution in [0, 0.1) is 5.92 Å². The Morgan fingerprint density at radius 3 is 2.59 bits per heavy atom. The third-order valence-electron chi connectivity index (χ3n) is 5.08. The molecular weight excluding hydrogens is 368 g/mol. The van der Waals surface area contributed by atoms with Crippen LogP contribution in [0.4, 0.5) is 5.82 Å². The Morgan fingerprint density at radius 1 is 1.15 bits per heavy atom. The summed E-state index contributed by atoms with van der Waals surface area (Å²) in [5.41, 5.74) is 0.799. The molecule has 148 valence electrons. The maximum atomic E-state index is 11.2. The topological polar surface area (TPSA) is 108 Å². The van der Waals surface area contributed by atoms with Crippen LogP contribution in [0.5, 0.6) is 11.5 Å². The molecule has 1 fully saturated rings. The molecule has 2 heterocycles. The molecule has 0 bridgehead atoms. The zero-order chi connectivity index (χ0) is 19.4. The number of sulfonamides is 1. The Morgan fingerprint density at radius 2 is 1.89 bits per heavy atom. The van der Waals surface area contributed by atoms with Crippen molar-refractivity contribution < 1.29 is 17.9 Å². The summed E-state index contributed by atoms with van der Waals surface area (Å²) in [4.78, 5) is 11.1. The van der Waals surface area contributed by atoms with Gasteiger partial charge in [-0.25, -0.2) is 23.5 Å². The van der Waals surface area contributed by atoms with Gasteiger partial charge in [-0.3, -0.25) is 0 Å². The Hall–Kier alpha value is -2.13.